The van der Waals surface area contributed by atoms with Gasteiger partial charge in [-0.15, -0.1) is 0 Å². The van der Waals surface area contributed by atoms with Gasteiger partial charge in [0.1, 0.15) is 0 Å². The Hall–Kier alpha value is 0.0551. The van der Waals surface area contributed by atoms with Gasteiger partial charge in [0.15, 0.2) is 0 Å². The van der Waals surface area contributed by atoms with Gasteiger partial charge in [0.05, 0.1) is 0 Å². The Morgan fingerprint density at radius 3 is 2.42 bits per heavy atom. The van der Waals surface area contributed by atoms with Gasteiger partial charge >= 0.3 is 92.7 Å². The van der Waals surface area contributed by atoms with Gasteiger partial charge in [0.25, 0.3) is 0 Å². The molecule has 1 atom stereocenters. The van der Waals surface area contributed by atoms with Crippen molar-refractivity contribution in [3.8, 4) is 6.07 Å². The minimum absolute atomic E-state index is 0.747. The summed E-state index contributed by atoms with van der Waals surface area (Å²) in [6.07, 6.45) is 0. The molecule has 0 aromatic heterocycles. The van der Waals surface area contributed by atoms with E-state index in [2.05, 4.69) is 15.9 Å². The van der Waals surface area contributed by atoms with Crippen molar-refractivity contribution < 1.29 is 27.7 Å². The van der Waals surface area contributed by atoms with E-state index in [1.54, 1.807) is 12.1 Å². The third-order valence-electron chi connectivity index (χ3n) is 1.59. The van der Waals surface area contributed by atoms with E-state index in [1.807, 2.05) is 24.3 Å². The van der Waals surface area contributed by atoms with Crippen LogP contribution in [-0.4, -0.2) is 0 Å². The molecule has 0 amide bonds. The van der Waals surface area contributed by atoms with E-state index in [9.17, 15) is 2.47 Å². The van der Waals surface area contributed by atoms with E-state index >= 15 is 0 Å². The molecule has 4 heteroatoms. The summed E-state index contributed by atoms with van der Waals surface area (Å²) in [5.41, 5.74) is 0.747. The summed E-state index contributed by atoms with van der Waals surface area (Å²) in [5.74, 6) is 0. The third-order valence-corrected chi connectivity index (χ3v) is 7.72. The van der Waals surface area contributed by atoms with Crippen LogP contribution in [0.1, 0.15) is 5.56 Å². The first kappa shape index (κ1) is 10.1. The van der Waals surface area contributed by atoms with Gasteiger partial charge < -0.3 is 0 Å². The third kappa shape index (κ3) is 2.05. The zero-order valence-electron chi connectivity index (χ0n) is 6.30. The number of hydrogen-bond acceptors (Lipinski definition) is 1. The molecule has 1 aromatic carbocycles. The Morgan fingerprint density at radius 1 is 1.42 bits per heavy atom. The van der Waals surface area contributed by atoms with Crippen LogP contribution < -0.4 is 0 Å². The first-order chi connectivity index (χ1) is 5.73. The predicted molar refractivity (Wildman–Crippen MR) is 43.8 cm³/mol. The summed E-state index contributed by atoms with van der Waals surface area (Å²) >= 11 is 0.533. The van der Waals surface area contributed by atoms with Crippen molar-refractivity contribution >= 4 is 15.9 Å². The molecule has 0 saturated heterocycles. The number of nitriles is 1. The molecule has 1 nitrogen and oxygen atoms in total. The second-order valence-corrected chi connectivity index (χ2v) is 13.0. The summed E-state index contributed by atoms with van der Waals surface area (Å²) in [7, 11) is 0. The molecule has 0 heterocycles. The predicted octanol–water partition coefficient (Wildman–Crippen LogP) is 2.72. The average molecular weight is 415 g/mol. The fourth-order valence-electron chi connectivity index (χ4n) is 0.874. The molecule has 0 fully saturated rings. The summed E-state index contributed by atoms with van der Waals surface area (Å²) in [6, 6.07) is 11.0. The molecular formula is C8H5BrFHgN. The topological polar surface area (TPSA) is 23.8 Å². The van der Waals surface area contributed by atoms with E-state index in [4.69, 9.17) is 5.26 Å². The molecule has 0 saturated carbocycles. The number of nitrogens with zero attached hydrogens (tertiary/aromatic N) is 1. The Kier molecular flexibility index (Phi) is 3.66. The zero-order chi connectivity index (χ0) is 9.03. The van der Waals surface area contributed by atoms with Crippen LogP contribution >= 0.6 is 15.9 Å². The van der Waals surface area contributed by atoms with Crippen molar-refractivity contribution in [1.29, 1.82) is 5.26 Å². The SMILES string of the molecule is N#C[C](Br)([Hg][F])c1ccccc1. The molecule has 58 valence electrons. The molecule has 1 rings (SSSR count). The average Bonchev–Trinajstić information content (AvgIpc) is 2.18. The second kappa shape index (κ2) is 4.34. The molecular weight excluding hydrogens is 410 g/mol. The van der Waals surface area contributed by atoms with Crippen LogP contribution in [0.3, 0.4) is 0 Å². The van der Waals surface area contributed by atoms with Crippen LogP contribution in [-0.2, 0) is 27.0 Å². The van der Waals surface area contributed by atoms with E-state index < -0.39 is 27.0 Å². The van der Waals surface area contributed by atoms with Crippen LogP contribution in [0.15, 0.2) is 30.3 Å². The van der Waals surface area contributed by atoms with Gasteiger partial charge in [0, 0.05) is 0 Å². The Morgan fingerprint density at radius 2 is 2.00 bits per heavy atom. The standard InChI is InChI=1S/C8H5BrN.FH.Hg/c9-8(6-10)7-4-2-1-3-5-7;;/h1-5H;1H;/q;;+1/p-1. The molecule has 0 N–H and O–H groups in total. The molecule has 1 aromatic rings. The van der Waals surface area contributed by atoms with Crippen molar-refractivity contribution in [2.45, 2.75) is 1.83 Å². The molecule has 0 bridgehead atoms. The van der Waals surface area contributed by atoms with Crippen LogP contribution in [0.2, 0.25) is 0 Å². The number of benzene rings is 1. The number of hydrogen-bond donors (Lipinski definition) is 0. The first-order valence-corrected chi connectivity index (χ1v) is 9.06. The maximum atomic E-state index is 12.7. The second-order valence-electron chi connectivity index (χ2n) is 2.41. The molecule has 0 radical (unpaired) electrons. The fourth-order valence-corrected chi connectivity index (χ4v) is 2.89. The molecule has 0 aliphatic heterocycles. The molecule has 0 aliphatic rings. The normalized spacial score (nSPS) is 14.1. The number of halogens is 2. The van der Waals surface area contributed by atoms with Crippen molar-refractivity contribution in [1.82, 2.24) is 0 Å². The van der Waals surface area contributed by atoms with Crippen LogP contribution in [0.4, 0.5) is 2.47 Å². The van der Waals surface area contributed by atoms with Crippen LogP contribution in [0.5, 0.6) is 0 Å². The van der Waals surface area contributed by atoms with Gasteiger partial charge in [-0.1, -0.05) is 0 Å². The molecule has 0 aliphatic carbocycles. The van der Waals surface area contributed by atoms with Gasteiger partial charge in [-0.3, -0.25) is 0 Å². The number of rotatable bonds is 2. The zero-order valence-corrected chi connectivity index (χ0v) is 13.4. The Balaban J connectivity index is 3.06. The van der Waals surface area contributed by atoms with Crippen molar-refractivity contribution in [2.24, 2.45) is 0 Å². The molecule has 1 unspecified atom stereocenters. The van der Waals surface area contributed by atoms with E-state index in [0.717, 1.165) is 5.56 Å². The van der Waals surface area contributed by atoms with Crippen molar-refractivity contribution in [2.75, 3.05) is 0 Å². The summed E-state index contributed by atoms with van der Waals surface area (Å²) in [5, 5.41) is 8.76. The monoisotopic (exact) mass is 415 g/mol. The fraction of sp³-hybridized carbons (Fsp3) is 0.125. The molecule has 12 heavy (non-hydrogen) atoms. The van der Waals surface area contributed by atoms with Gasteiger partial charge in [0.2, 0.25) is 0 Å². The summed E-state index contributed by atoms with van der Waals surface area (Å²) < 4.78 is 11.7. The number of alkyl halides is 1. The summed E-state index contributed by atoms with van der Waals surface area (Å²) in [6.45, 7) is 0. The van der Waals surface area contributed by atoms with Gasteiger partial charge in [-0.25, -0.2) is 0 Å². The Bertz CT molecular complexity index is 298. The van der Waals surface area contributed by atoms with Crippen LogP contribution in [0, 0.1) is 11.3 Å². The van der Waals surface area contributed by atoms with E-state index in [1.165, 1.54) is 0 Å². The molecule has 0 spiro atoms. The minimum atomic E-state index is -2.62. The van der Waals surface area contributed by atoms with Gasteiger partial charge in [-0.05, 0) is 0 Å². The van der Waals surface area contributed by atoms with Crippen molar-refractivity contribution in [3.05, 3.63) is 35.9 Å². The van der Waals surface area contributed by atoms with Crippen LogP contribution in [0.25, 0.3) is 0 Å². The van der Waals surface area contributed by atoms with Gasteiger partial charge in [-0.2, -0.15) is 0 Å². The quantitative estimate of drug-likeness (QED) is 0.539. The van der Waals surface area contributed by atoms with Crippen molar-refractivity contribution in [3.63, 3.8) is 0 Å². The Labute approximate surface area is 92.1 Å². The van der Waals surface area contributed by atoms with E-state index in [0.29, 0.717) is 0 Å². The maximum absolute atomic E-state index is 12.7. The first-order valence-electron chi connectivity index (χ1n) is 3.44. The van der Waals surface area contributed by atoms with E-state index in [-0.39, 0.29) is 0 Å². The summed E-state index contributed by atoms with van der Waals surface area (Å²) in [4.78, 5) is 0.